The van der Waals surface area contributed by atoms with Crippen molar-refractivity contribution in [1.82, 2.24) is 15.6 Å². The summed E-state index contributed by atoms with van der Waals surface area (Å²) in [7, 11) is 0. The summed E-state index contributed by atoms with van der Waals surface area (Å²) < 4.78 is 13.6. The molecule has 2 aliphatic rings. The number of hydrogen-bond donors (Lipinski definition) is 2. The lowest BCUT2D eigenvalue weighted by molar-refractivity contribution is -0.126. The predicted molar refractivity (Wildman–Crippen MR) is 128 cm³/mol. The number of nitrogens with one attached hydrogen (secondary N) is 2. The second-order valence-electron chi connectivity index (χ2n) is 9.31. The molecule has 1 atom stereocenters. The van der Waals surface area contributed by atoms with Crippen LogP contribution in [0.2, 0.25) is 0 Å². The van der Waals surface area contributed by atoms with Gasteiger partial charge in [0.1, 0.15) is 5.82 Å². The maximum absolute atomic E-state index is 13.6. The molecule has 0 spiro atoms. The highest BCUT2D eigenvalue weighted by atomic mass is 19.1. The van der Waals surface area contributed by atoms with Crippen molar-refractivity contribution in [2.45, 2.75) is 38.1 Å². The lowest BCUT2D eigenvalue weighted by Gasteiger charge is -2.28. The molecular formula is C28H30FN3O. The van der Waals surface area contributed by atoms with E-state index in [0.717, 1.165) is 62.0 Å². The fraction of sp³-hybridized carbons (Fsp3) is 0.357. The number of nitrogens with zero attached hydrogens (tertiary/aromatic N) is 1. The van der Waals surface area contributed by atoms with Crippen molar-refractivity contribution in [2.24, 2.45) is 11.8 Å². The van der Waals surface area contributed by atoms with Gasteiger partial charge in [-0.2, -0.15) is 0 Å². The Bertz CT molecular complexity index is 1080. The molecule has 1 aliphatic carbocycles. The second-order valence-corrected chi connectivity index (χ2v) is 9.31. The molecule has 2 heterocycles. The minimum absolute atomic E-state index is 0.0347. The number of rotatable bonds is 6. The van der Waals surface area contributed by atoms with Crippen molar-refractivity contribution in [2.75, 3.05) is 13.1 Å². The molecule has 2 N–H and O–H groups in total. The Hall–Kier alpha value is -3.05. The van der Waals surface area contributed by atoms with E-state index in [1.54, 1.807) is 18.3 Å². The molecular weight excluding hydrogens is 413 g/mol. The molecule has 3 aromatic rings. The third-order valence-corrected chi connectivity index (χ3v) is 7.05. The maximum Gasteiger partial charge on any atom is 0.223 e. The fourth-order valence-corrected chi connectivity index (χ4v) is 5.33. The Labute approximate surface area is 194 Å². The van der Waals surface area contributed by atoms with Gasteiger partial charge < -0.3 is 10.6 Å². The highest BCUT2D eigenvalue weighted by Crippen LogP contribution is 2.36. The molecule has 1 aromatic heterocycles. The smallest absolute Gasteiger partial charge is 0.223 e. The van der Waals surface area contributed by atoms with Gasteiger partial charge in [0.05, 0.1) is 11.7 Å². The minimum Gasteiger partial charge on any atom is -0.347 e. The summed E-state index contributed by atoms with van der Waals surface area (Å²) in [6.45, 7) is 1.76. The summed E-state index contributed by atoms with van der Waals surface area (Å²) in [5.41, 5.74) is 5.54. The van der Waals surface area contributed by atoms with Gasteiger partial charge in [-0.3, -0.25) is 9.78 Å². The van der Waals surface area contributed by atoms with Crippen LogP contribution in [-0.4, -0.2) is 24.0 Å². The summed E-state index contributed by atoms with van der Waals surface area (Å²) in [5.74, 6) is 0.340. The van der Waals surface area contributed by atoms with Crippen LogP contribution >= 0.6 is 0 Å². The number of piperidine rings is 1. The topological polar surface area (TPSA) is 54.0 Å². The number of halogens is 1. The van der Waals surface area contributed by atoms with Crippen LogP contribution in [0.3, 0.4) is 0 Å². The zero-order valence-electron chi connectivity index (χ0n) is 18.8. The van der Waals surface area contributed by atoms with E-state index in [4.69, 9.17) is 4.98 Å². The van der Waals surface area contributed by atoms with E-state index in [1.807, 2.05) is 12.1 Å². The van der Waals surface area contributed by atoms with Crippen molar-refractivity contribution in [3.8, 4) is 11.1 Å². The van der Waals surface area contributed by atoms with E-state index in [1.165, 1.54) is 23.3 Å². The van der Waals surface area contributed by atoms with Crippen LogP contribution in [0, 0.1) is 17.7 Å². The number of pyridine rings is 1. The Balaban J connectivity index is 1.44. The summed E-state index contributed by atoms with van der Waals surface area (Å²) in [6, 6.07) is 18.9. The van der Waals surface area contributed by atoms with Gasteiger partial charge in [-0.1, -0.05) is 42.5 Å². The average Bonchev–Trinajstić information content (AvgIpc) is 3.27. The zero-order valence-corrected chi connectivity index (χ0v) is 18.8. The molecule has 0 saturated carbocycles. The molecule has 1 unspecified atom stereocenters. The number of hydrogen-bond acceptors (Lipinski definition) is 3. The molecule has 0 bridgehead atoms. The molecule has 0 radical (unpaired) electrons. The predicted octanol–water partition coefficient (Wildman–Crippen LogP) is 4.85. The zero-order chi connectivity index (χ0) is 22.6. The van der Waals surface area contributed by atoms with E-state index in [-0.39, 0.29) is 23.7 Å². The molecule has 1 saturated heterocycles. The van der Waals surface area contributed by atoms with E-state index < -0.39 is 0 Å². The van der Waals surface area contributed by atoms with Crippen LogP contribution < -0.4 is 10.6 Å². The Morgan fingerprint density at radius 2 is 1.70 bits per heavy atom. The van der Waals surface area contributed by atoms with Crippen molar-refractivity contribution in [3.05, 3.63) is 89.5 Å². The highest BCUT2D eigenvalue weighted by Gasteiger charge is 2.30. The average molecular weight is 444 g/mol. The highest BCUT2D eigenvalue weighted by molar-refractivity contribution is 5.79. The van der Waals surface area contributed by atoms with Crippen LogP contribution in [0.25, 0.3) is 11.1 Å². The summed E-state index contributed by atoms with van der Waals surface area (Å²) in [4.78, 5) is 18.0. The first-order chi connectivity index (χ1) is 16.2. The SMILES string of the molecule is O=C(NC(CC1Cc2ccccc2C1)c1ncccc1-c1ccc(F)cc1)C1CCNCC1. The van der Waals surface area contributed by atoms with Gasteiger partial charge in [0.25, 0.3) is 0 Å². The van der Waals surface area contributed by atoms with Gasteiger partial charge in [-0.05, 0) is 86.0 Å². The molecule has 2 aromatic carbocycles. The van der Waals surface area contributed by atoms with Gasteiger partial charge in [-0.25, -0.2) is 4.39 Å². The van der Waals surface area contributed by atoms with E-state index >= 15 is 0 Å². The van der Waals surface area contributed by atoms with Crippen molar-refractivity contribution in [1.29, 1.82) is 0 Å². The fourth-order valence-electron chi connectivity index (χ4n) is 5.33. The van der Waals surface area contributed by atoms with E-state index in [9.17, 15) is 9.18 Å². The molecule has 4 nitrogen and oxygen atoms in total. The molecule has 170 valence electrons. The lowest BCUT2D eigenvalue weighted by Crippen LogP contribution is -2.40. The number of fused-ring (bicyclic) bond motifs is 1. The number of amides is 1. The summed E-state index contributed by atoms with van der Waals surface area (Å²) in [6.07, 6.45) is 6.39. The molecule has 5 rings (SSSR count). The van der Waals surface area contributed by atoms with E-state index in [2.05, 4.69) is 34.9 Å². The van der Waals surface area contributed by atoms with Crippen LogP contribution in [0.1, 0.15) is 42.1 Å². The molecule has 1 amide bonds. The van der Waals surface area contributed by atoms with Gasteiger partial charge in [0.15, 0.2) is 0 Å². The summed E-state index contributed by atoms with van der Waals surface area (Å²) in [5, 5.41) is 6.71. The number of carbonyl (C=O) groups is 1. The van der Waals surface area contributed by atoms with Gasteiger partial charge in [0.2, 0.25) is 5.91 Å². The number of benzene rings is 2. The van der Waals surface area contributed by atoms with E-state index in [0.29, 0.717) is 5.92 Å². The van der Waals surface area contributed by atoms with Crippen LogP contribution in [0.15, 0.2) is 66.9 Å². The summed E-state index contributed by atoms with van der Waals surface area (Å²) >= 11 is 0. The number of carbonyl (C=O) groups excluding carboxylic acids is 1. The molecule has 33 heavy (non-hydrogen) atoms. The first-order valence-electron chi connectivity index (χ1n) is 12.0. The van der Waals surface area contributed by atoms with Gasteiger partial charge in [0, 0.05) is 17.7 Å². The maximum atomic E-state index is 13.6. The van der Waals surface area contributed by atoms with Crippen molar-refractivity contribution < 1.29 is 9.18 Å². The van der Waals surface area contributed by atoms with Crippen LogP contribution in [0.4, 0.5) is 4.39 Å². The quantitative estimate of drug-likeness (QED) is 0.573. The molecule has 5 heteroatoms. The van der Waals surface area contributed by atoms with Crippen LogP contribution in [-0.2, 0) is 17.6 Å². The first kappa shape index (κ1) is 21.8. The molecule has 1 fully saturated rings. The van der Waals surface area contributed by atoms with Crippen molar-refractivity contribution >= 4 is 5.91 Å². The largest absolute Gasteiger partial charge is 0.347 e. The Morgan fingerprint density at radius 3 is 2.39 bits per heavy atom. The van der Waals surface area contributed by atoms with Crippen molar-refractivity contribution in [3.63, 3.8) is 0 Å². The molecule has 1 aliphatic heterocycles. The lowest BCUT2D eigenvalue weighted by atomic mass is 9.90. The van der Waals surface area contributed by atoms with Crippen LogP contribution in [0.5, 0.6) is 0 Å². The van der Waals surface area contributed by atoms with Gasteiger partial charge >= 0.3 is 0 Å². The second kappa shape index (κ2) is 9.84. The Kier molecular flexibility index (Phi) is 6.49. The van der Waals surface area contributed by atoms with Gasteiger partial charge in [-0.15, -0.1) is 0 Å². The minimum atomic E-state index is -0.260. The number of aromatic nitrogens is 1. The third kappa shape index (κ3) is 4.98. The monoisotopic (exact) mass is 443 g/mol. The third-order valence-electron chi connectivity index (χ3n) is 7.05. The normalized spacial score (nSPS) is 17.5. The standard InChI is InChI=1S/C28H30FN3O/c29-24-9-7-20(8-10-24)25-6-3-13-31-27(25)26(32-28(33)21-11-14-30-15-12-21)18-19-16-22-4-1-2-5-23(22)17-19/h1-10,13,19,21,26,30H,11-12,14-18H2,(H,32,33). The Morgan fingerprint density at radius 1 is 1.00 bits per heavy atom. The first-order valence-corrected chi connectivity index (χ1v) is 12.0.